The predicted molar refractivity (Wildman–Crippen MR) is 101 cm³/mol. The third-order valence-electron chi connectivity index (χ3n) is 4.65. The second-order valence-corrected chi connectivity index (χ2v) is 6.50. The Bertz CT molecular complexity index is 1120. The number of methoxy groups -OCH3 is 1. The molecule has 1 aliphatic rings. The van der Waals surface area contributed by atoms with E-state index in [0.29, 0.717) is 11.1 Å². The van der Waals surface area contributed by atoms with E-state index in [4.69, 9.17) is 4.74 Å². The maximum absolute atomic E-state index is 13.5. The van der Waals surface area contributed by atoms with E-state index >= 15 is 0 Å². The number of allylic oxidation sites excluding steroid dienone is 1. The van der Waals surface area contributed by atoms with Gasteiger partial charge in [0.25, 0.3) is 0 Å². The Hall–Kier alpha value is -3.88. The fraction of sp³-hybridized carbons (Fsp3) is 0.150. The molecule has 0 unspecified atom stereocenters. The van der Waals surface area contributed by atoms with Crippen LogP contribution in [0, 0.1) is 12.7 Å². The monoisotopic (exact) mass is 393 g/mol. The first-order valence-corrected chi connectivity index (χ1v) is 8.74. The van der Waals surface area contributed by atoms with Gasteiger partial charge in [0.05, 0.1) is 12.7 Å². The number of anilines is 1. The van der Waals surface area contributed by atoms with Crippen molar-refractivity contribution in [1.29, 1.82) is 0 Å². The molecule has 4 rings (SSSR count). The van der Waals surface area contributed by atoms with E-state index in [-0.39, 0.29) is 17.2 Å². The van der Waals surface area contributed by atoms with E-state index in [1.54, 1.807) is 24.3 Å². The summed E-state index contributed by atoms with van der Waals surface area (Å²) in [5.74, 6) is -1.39. The molecule has 0 saturated heterocycles. The number of carbonyl (C=O) groups is 2. The normalized spacial score (nSPS) is 15.5. The number of ether oxygens (including phenoxy) is 1. The summed E-state index contributed by atoms with van der Waals surface area (Å²) in [5, 5.41) is 14.2. The highest BCUT2D eigenvalue weighted by atomic mass is 19.1. The summed E-state index contributed by atoms with van der Waals surface area (Å²) in [7, 11) is 1.22. The van der Waals surface area contributed by atoms with Crippen molar-refractivity contribution in [3.8, 4) is 0 Å². The van der Waals surface area contributed by atoms with Crippen LogP contribution in [-0.2, 0) is 9.53 Å². The van der Waals surface area contributed by atoms with Crippen LogP contribution in [-0.4, -0.2) is 39.1 Å². The van der Waals surface area contributed by atoms with Gasteiger partial charge in [-0.2, -0.15) is 4.68 Å². The minimum absolute atomic E-state index is 0.0605. The summed E-state index contributed by atoms with van der Waals surface area (Å²) in [5.41, 5.74) is 1.96. The number of fused-ring (bicyclic) bond motifs is 1. The summed E-state index contributed by atoms with van der Waals surface area (Å²) in [6.07, 6.45) is 0. The molecule has 1 atom stereocenters. The van der Waals surface area contributed by atoms with Crippen molar-refractivity contribution in [2.24, 2.45) is 0 Å². The molecular weight excluding hydrogens is 377 g/mol. The Labute approximate surface area is 165 Å². The number of benzene rings is 2. The van der Waals surface area contributed by atoms with Crippen LogP contribution in [0.3, 0.4) is 0 Å². The Kier molecular flexibility index (Phi) is 4.63. The van der Waals surface area contributed by atoms with Gasteiger partial charge >= 0.3 is 5.97 Å². The average molecular weight is 393 g/mol. The molecule has 0 amide bonds. The van der Waals surface area contributed by atoms with Crippen LogP contribution in [0.1, 0.15) is 27.5 Å². The quantitative estimate of drug-likeness (QED) is 0.537. The minimum Gasteiger partial charge on any atom is -0.464 e. The highest BCUT2D eigenvalue weighted by Crippen LogP contribution is 2.36. The molecule has 29 heavy (non-hydrogen) atoms. The number of aryl methyl sites for hydroxylation is 1. The molecule has 0 bridgehead atoms. The van der Waals surface area contributed by atoms with Gasteiger partial charge in [-0.15, -0.1) is 0 Å². The summed E-state index contributed by atoms with van der Waals surface area (Å²) >= 11 is 0. The zero-order valence-electron chi connectivity index (χ0n) is 15.6. The maximum atomic E-state index is 13.5. The van der Waals surface area contributed by atoms with Gasteiger partial charge in [0.2, 0.25) is 5.95 Å². The van der Waals surface area contributed by atoms with Gasteiger partial charge in [-0.1, -0.05) is 47.1 Å². The molecule has 8 nitrogen and oxygen atoms in total. The second-order valence-electron chi connectivity index (χ2n) is 6.50. The lowest BCUT2D eigenvalue weighted by Crippen LogP contribution is -2.33. The summed E-state index contributed by atoms with van der Waals surface area (Å²) < 4.78 is 19.7. The first-order valence-electron chi connectivity index (χ1n) is 8.74. The standard InChI is InChI=1S/C20H16FN5O3/c1-11-3-5-13(6-4-11)18(27)15-16(19(28)29-2)22-20-23-24-25-26(20)17(15)12-7-9-14(21)10-8-12/h3-10,17H,1-2H3,(H,22,23,25)/t17-/m0/s1. The fourth-order valence-electron chi connectivity index (χ4n) is 3.20. The van der Waals surface area contributed by atoms with Crippen LogP contribution in [0.5, 0.6) is 0 Å². The van der Waals surface area contributed by atoms with Crippen molar-refractivity contribution in [1.82, 2.24) is 20.2 Å². The molecule has 1 N–H and O–H groups in total. The van der Waals surface area contributed by atoms with E-state index in [1.165, 1.54) is 36.1 Å². The highest BCUT2D eigenvalue weighted by molar-refractivity contribution is 6.14. The van der Waals surface area contributed by atoms with Crippen molar-refractivity contribution in [2.45, 2.75) is 13.0 Å². The van der Waals surface area contributed by atoms with Crippen LogP contribution in [0.25, 0.3) is 0 Å². The molecule has 0 saturated carbocycles. The largest absolute Gasteiger partial charge is 0.464 e. The molecule has 3 aromatic rings. The van der Waals surface area contributed by atoms with Gasteiger partial charge in [-0.25, -0.2) is 9.18 Å². The van der Waals surface area contributed by atoms with Gasteiger partial charge in [-0.05, 0) is 35.0 Å². The van der Waals surface area contributed by atoms with Crippen LogP contribution >= 0.6 is 0 Å². The molecule has 0 spiro atoms. The van der Waals surface area contributed by atoms with Crippen LogP contribution in [0.15, 0.2) is 59.8 Å². The third kappa shape index (κ3) is 3.27. The second kappa shape index (κ2) is 7.27. The van der Waals surface area contributed by atoms with Crippen molar-refractivity contribution in [3.05, 3.63) is 82.3 Å². The Morgan fingerprint density at radius 1 is 1.10 bits per heavy atom. The molecule has 1 aromatic heterocycles. The van der Waals surface area contributed by atoms with Crippen molar-refractivity contribution in [3.63, 3.8) is 0 Å². The first kappa shape index (κ1) is 18.5. The Balaban J connectivity index is 1.94. The number of tetrazole rings is 1. The number of esters is 1. The number of halogens is 1. The molecule has 146 valence electrons. The van der Waals surface area contributed by atoms with Gasteiger partial charge in [-0.3, -0.25) is 4.79 Å². The number of hydrogen-bond donors (Lipinski definition) is 1. The zero-order valence-corrected chi connectivity index (χ0v) is 15.6. The number of Topliss-reactive ketones (excluding diaryl/α,β-unsaturated/α-hetero) is 1. The third-order valence-corrected chi connectivity index (χ3v) is 4.65. The number of nitrogens with zero attached hydrogens (tertiary/aromatic N) is 4. The number of carbonyl (C=O) groups excluding carboxylic acids is 2. The van der Waals surface area contributed by atoms with Gasteiger partial charge in [0, 0.05) is 5.56 Å². The number of hydrogen-bond acceptors (Lipinski definition) is 7. The number of ketones is 1. The predicted octanol–water partition coefficient (Wildman–Crippen LogP) is 2.45. The molecule has 2 heterocycles. The Morgan fingerprint density at radius 3 is 2.45 bits per heavy atom. The summed E-state index contributed by atoms with van der Waals surface area (Å²) in [6.45, 7) is 1.91. The minimum atomic E-state index is -0.843. The van der Waals surface area contributed by atoms with E-state index in [2.05, 4.69) is 20.8 Å². The SMILES string of the molecule is COC(=O)C1=C(C(=O)c2ccc(C)cc2)[C@H](c2ccc(F)cc2)n2nnnc2N1. The van der Waals surface area contributed by atoms with Gasteiger partial charge in [0.1, 0.15) is 17.6 Å². The average Bonchev–Trinajstić information content (AvgIpc) is 3.21. The molecule has 2 aromatic carbocycles. The summed E-state index contributed by atoms with van der Waals surface area (Å²) in [6, 6.07) is 11.7. The van der Waals surface area contributed by atoms with Crippen molar-refractivity contribution >= 4 is 17.7 Å². The van der Waals surface area contributed by atoms with E-state index in [0.717, 1.165) is 5.56 Å². The first-order chi connectivity index (χ1) is 14.0. The number of rotatable bonds is 4. The fourth-order valence-corrected chi connectivity index (χ4v) is 3.20. The van der Waals surface area contributed by atoms with Crippen molar-refractivity contribution < 1.29 is 18.7 Å². The van der Waals surface area contributed by atoms with Gasteiger partial charge < -0.3 is 10.1 Å². The summed E-state index contributed by atoms with van der Waals surface area (Å²) in [4.78, 5) is 26.0. The molecule has 0 fully saturated rings. The lowest BCUT2D eigenvalue weighted by Gasteiger charge is -2.28. The van der Waals surface area contributed by atoms with Crippen molar-refractivity contribution in [2.75, 3.05) is 12.4 Å². The molecule has 1 aliphatic heterocycles. The van der Waals surface area contributed by atoms with Crippen LogP contribution in [0.4, 0.5) is 10.3 Å². The number of aromatic nitrogens is 4. The molecular formula is C20H16FN5O3. The lowest BCUT2D eigenvalue weighted by molar-refractivity contribution is -0.136. The maximum Gasteiger partial charge on any atom is 0.355 e. The Morgan fingerprint density at radius 2 is 1.79 bits per heavy atom. The molecule has 9 heteroatoms. The zero-order chi connectivity index (χ0) is 20.5. The van der Waals surface area contributed by atoms with E-state index < -0.39 is 23.6 Å². The van der Waals surface area contributed by atoms with E-state index in [1.807, 2.05) is 6.92 Å². The highest BCUT2D eigenvalue weighted by Gasteiger charge is 2.38. The van der Waals surface area contributed by atoms with Crippen LogP contribution < -0.4 is 5.32 Å². The molecule has 0 aliphatic carbocycles. The molecule has 0 radical (unpaired) electrons. The van der Waals surface area contributed by atoms with E-state index in [9.17, 15) is 14.0 Å². The van der Waals surface area contributed by atoms with Crippen LogP contribution in [0.2, 0.25) is 0 Å². The number of nitrogens with one attached hydrogen (secondary N) is 1. The lowest BCUT2D eigenvalue weighted by atomic mass is 9.89. The topological polar surface area (TPSA) is 99.0 Å². The van der Waals surface area contributed by atoms with Gasteiger partial charge in [0.15, 0.2) is 5.78 Å². The smallest absolute Gasteiger partial charge is 0.355 e.